The summed E-state index contributed by atoms with van der Waals surface area (Å²) >= 11 is 0. The van der Waals surface area contributed by atoms with Crippen molar-refractivity contribution in [3.05, 3.63) is 47.0 Å². The van der Waals surface area contributed by atoms with Gasteiger partial charge in [-0.05, 0) is 45.4 Å². The number of aromatic nitrogens is 5. The quantitative estimate of drug-likeness (QED) is 0.656. The minimum Gasteiger partial charge on any atom is -0.357 e. The highest BCUT2D eigenvalue weighted by Gasteiger charge is 2.17. The van der Waals surface area contributed by atoms with Crippen LogP contribution in [0.3, 0.4) is 0 Å². The Labute approximate surface area is 165 Å². The number of carbonyl (C=O) groups excluding carboxylic acids is 1. The smallest absolute Gasteiger partial charge is 0.269 e. The molecule has 8 heteroatoms. The van der Waals surface area contributed by atoms with Crippen LogP contribution in [0.25, 0.3) is 11.3 Å². The topological polar surface area (TPSA) is 91.7 Å². The summed E-state index contributed by atoms with van der Waals surface area (Å²) in [5.74, 6) is 0.742. The minimum atomic E-state index is -0.203. The fraction of sp³-hybridized carbons (Fsp3) is 0.400. The Morgan fingerprint density at radius 3 is 2.57 bits per heavy atom. The second-order valence-electron chi connectivity index (χ2n) is 6.72. The Kier molecular flexibility index (Phi) is 5.77. The Balaban J connectivity index is 1.65. The van der Waals surface area contributed by atoms with Gasteiger partial charge >= 0.3 is 0 Å². The van der Waals surface area contributed by atoms with Crippen LogP contribution in [0.2, 0.25) is 0 Å². The fourth-order valence-corrected chi connectivity index (χ4v) is 3.24. The molecule has 3 heterocycles. The maximum absolute atomic E-state index is 12.5. The normalized spacial score (nSPS) is 10.9. The number of nitrogens with one attached hydrogen (secondary N) is 2. The van der Waals surface area contributed by atoms with Crippen molar-refractivity contribution in [1.82, 2.24) is 30.3 Å². The number of carbonyl (C=O) groups is 1. The van der Waals surface area contributed by atoms with Crippen LogP contribution in [0.1, 0.15) is 41.3 Å². The number of H-pyrrole nitrogens is 1. The SMILES string of the molecule is CCN(CC)c1ccc(CNC(=O)c2cc(-c3c(C)nn(C)c3C)n[nH]2)cn1. The fourth-order valence-electron chi connectivity index (χ4n) is 3.24. The van der Waals surface area contributed by atoms with Crippen molar-refractivity contribution in [3.63, 3.8) is 0 Å². The lowest BCUT2D eigenvalue weighted by Crippen LogP contribution is -2.24. The van der Waals surface area contributed by atoms with Gasteiger partial charge in [-0.2, -0.15) is 10.2 Å². The van der Waals surface area contributed by atoms with Crippen molar-refractivity contribution in [2.75, 3.05) is 18.0 Å². The van der Waals surface area contributed by atoms with Gasteiger partial charge in [-0.3, -0.25) is 14.6 Å². The molecule has 0 aliphatic heterocycles. The molecule has 1 amide bonds. The molecule has 0 bridgehead atoms. The van der Waals surface area contributed by atoms with Crippen molar-refractivity contribution in [3.8, 4) is 11.3 Å². The number of rotatable bonds is 7. The van der Waals surface area contributed by atoms with Crippen LogP contribution < -0.4 is 10.2 Å². The van der Waals surface area contributed by atoms with E-state index in [9.17, 15) is 4.79 Å². The van der Waals surface area contributed by atoms with E-state index in [4.69, 9.17) is 0 Å². The highest BCUT2D eigenvalue weighted by atomic mass is 16.1. The van der Waals surface area contributed by atoms with Crippen LogP contribution in [0.4, 0.5) is 5.82 Å². The highest BCUT2D eigenvalue weighted by Crippen LogP contribution is 2.25. The molecule has 28 heavy (non-hydrogen) atoms. The van der Waals surface area contributed by atoms with Crippen LogP contribution in [-0.2, 0) is 13.6 Å². The van der Waals surface area contributed by atoms with E-state index in [1.807, 2.05) is 37.7 Å². The second kappa shape index (κ2) is 8.24. The zero-order chi connectivity index (χ0) is 20.3. The van der Waals surface area contributed by atoms with E-state index in [1.165, 1.54) is 0 Å². The van der Waals surface area contributed by atoms with E-state index in [0.29, 0.717) is 12.2 Å². The van der Waals surface area contributed by atoms with Crippen LogP contribution in [0, 0.1) is 13.8 Å². The summed E-state index contributed by atoms with van der Waals surface area (Å²) in [6.07, 6.45) is 1.80. The number of aryl methyl sites for hydroxylation is 2. The van der Waals surface area contributed by atoms with Crippen molar-refractivity contribution in [1.29, 1.82) is 0 Å². The average Bonchev–Trinajstić information content (AvgIpc) is 3.26. The number of pyridine rings is 1. The predicted octanol–water partition coefficient (Wildman–Crippen LogP) is 2.60. The third kappa shape index (κ3) is 3.90. The first kappa shape index (κ1) is 19.6. The Morgan fingerprint density at radius 1 is 1.25 bits per heavy atom. The number of amides is 1. The van der Waals surface area contributed by atoms with Crippen molar-refractivity contribution in [2.24, 2.45) is 7.05 Å². The van der Waals surface area contributed by atoms with Crippen LogP contribution in [0.15, 0.2) is 24.4 Å². The molecule has 3 aromatic heterocycles. The van der Waals surface area contributed by atoms with Crippen LogP contribution >= 0.6 is 0 Å². The summed E-state index contributed by atoms with van der Waals surface area (Å²) < 4.78 is 1.81. The van der Waals surface area contributed by atoms with Crippen molar-refractivity contribution in [2.45, 2.75) is 34.2 Å². The Morgan fingerprint density at radius 2 is 2.00 bits per heavy atom. The minimum absolute atomic E-state index is 0.203. The highest BCUT2D eigenvalue weighted by molar-refractivity contribution is 5.93. The number of hydrogen-bond acceptors (Lipinski definition) is 5. The lowest BCUT2D eigenvalue weighted by Gasteiger charge is -2.19. The van der Waals surface area contributed by atoms with Gasteiger partial charge < -0.3 is 10.2 Å². The molecule has 3 rings (SSSR count). The molecule has 0 atom stereocenters. The zero-order valence-electron chi connectivity index (χ0n) is 17.1. The molecule has 0 saturated carbocycles. The Bertz CT molecular complexity index is 952. The summed E-state index contributed by atoms with van der Waals surface area (Å²) in [7, 11) is 1.89. The van der Waals surface area contributed by atoms with Crippen LogP contribution in [-0.4, -0.2) is 44.0 Å². The van der Waals surface area contributed by atoms with E-state index < -0.39 is 0 Å². The molecule has 0 saturated heterocycles. The van der Waals surface area contributed by atoms with Crippen molar-refractivity contribution < 1.29 is 4.79 Å². The molecule has 148 valence electrons. The summed E-state index contributed by atoms with van der Waals surface area (Å²) in [5.41, 5.74) is 4.94. The first-order valence-corrected chi connectivity index (χ1v) is 9.48. The molecular formula is C20H27N7O. The molecule has 0 aliphatic rings. The van der Waals surface area contributed by atoms with Crippen LogP contribution in [0.5, 0.6) is 0 Å². The van der Waals surface area contributed by atoms with E-state index in [1.54, 1.807) is 12.3 Å². The Hall–Kier alpha value is -3.16. The third-order valence-electron chi connectivity index (χ3n) is 4.94. The average molecular weight is 381 g/mol. The summed E-state index contributed by atoms with van der Waals surface area (Å²) in [6.45, 7) is 10.4. The number of aromatic amines is 1. The maximum atomic E-state index is 12.5. The third-order valence-corrected chi connectivity index (χ3v) is 4.94. The first-order chi connectivity index (χ1) is 13.4. The second-order valence-corrected chi connectivity index (χ2v) is 6.72. The van der Waals surface area contributed by atoms with Gasteiger partial charge in [-0.25, -0.2) is 4.98 Å². The number of anilines is 1. The molecular weight excluding hydrogens is 354 g/mol. The molecule has 2 N–H and O–H groups in total. The number of hydrogen-bond donors (Lipinski definition) is 2. The lowest BCUT2D eigenvalue weighted by atomic mass is 10.1. The molecule has 0 aromatic carbocycles. The zero-order valence-corrected chi connectivity index (χ0v) is 17.1. The molecule has 0 aliphatic carbocycles. The van der Waals surface area contributed by atoms with Gasteiger partial charge in [0.2, 0.25) is 0 Å². The van der Waals surface area contributed by atoms with E-state index in [2.05, 4.69) is 44.3 Å². The van der Waals surface area contributed by atoms with Crippen molar-refractivity contribution >= 4 is 11.7 Å². The summed E-state index contributed by atoms with van der Waals surface area (Å²) in [4.78, 5) is 19.1. The molecule has 0 fully saturated rings. The molecule has 0 unspecified atom stereocenters. The number of nitrogens with zero attached hydrogens (tertiary/aromatic N) is 5. The standard InChI is InChI=1S/C20H27N7O/c1-6-27(7-2)18-9-8-15(11-21-18)12-22-20(28)17-10-16(23-24-17)19-13(3)25-26(5)14(19)4/h8-11H,6-7,12H2,1-5H3,(H,22,28)(H,23,24). The van der Waals surface area contributed by atoms with E-state index in [-0.39, 0.29) is 5.91 Å². The maximum Gasteiger partial charge on any atom is 0.269 e. The van der Waals surface area contributed by atoms with Gasteiger partial charge in [0.15, 0.2) is 0 Å². The molecule has 3 aromatic rings. The van der Waals surface area contributed by atoms with Gasteiger partial charge in [0.05, 0.1) is 11.4 Å². The molecule has 0 radical (unpaired) electrons. The summed E-state index contributed by atoms with van der Waals surface area (Å²) in [6, 6.07) is 5.73. The monoisotopic (exact) mass is 381 g/mol. The van der Waals surface area contributed by atoms with Gasteiger partial charge in [0.1, 0.15) is 11.5 Å². The largest absolute Gasteiger partial charge is 0.357 e. The lowest BCUT2D eigenvalue weighted by molar-refractivity contribution is 0.0946. The van der Waals surface area contributed by atoms with Gasteiger partial charge in [-0.15, -0.1) is 0 Å². The van der Waals surface area contributed by atoms with Gasteiger partial charge in [0.25, 0.3) is 5.91 Å². The van der Waals surface area contributed by atoms with Gasteiger partial charge in [-0.1, -0.05) is 6.07 Å². The summed E-state index contributed by atoms with van der Waals surface area (Å²) in [5, 5.41) is 14.4. The molecule has 0 spiro atoms. The molecule has 8 nitrogen and oxygen atoms in total. The van der Waals surface area contributed by atoms with Gasteiger partial charge in [0, 0.05) is 44.1 Å². The van der Waals surface area contributed by atoms with E-state index >= 15 is 0 Å². The van der Waals surface area contributed by atoms with E-state index in [0.717, 1.165) is 47.1 Å². The first-order valence-electron chi connectivity index (χ1n) is 9.48. The predicted molar refractivity (Wildman–Crippen MR) is 109 cm³/mol.